The van der Waals surface area contributed by atoms with Crippen molar-refractivity contribution in [1.82, 2.24) is 4.90 Å². The molecule has 0 aromatic rings. The van der Waals surface area contributed by atoms with Gasteiger partial charge in [-0.1, -0.05) is 69.1 Å². The molecule has 0 N–H and O–H groups in total. The number of unbranched alkanes of at least 4 members (excludes halogenated alkanes) is 6. The van der Waals surface area contributed by atoms with Gasteiger partial charge in [-0.3, -0.25) is 0 Å². The van der Waals surface area contributed by atoms with E-state index >= 15 is 0 Å². The number of carboxylic acid groups (broad SMARTS) is 2. The third-order valence-electron chi connectivity index (χ3n) is 4.64. The molecule has 0 spiro atoms. The van der Waals surface area contributed by atoms with Crippen LogP contribution in [0.1, 0.15) is 84.0 Å². The van der Waals surface area contributed by atoms with Gasteiger partial charge in [-0.15, -0.1) is 0 Å². The molecule has 31 heavy (non-hydrogen) atoms. The van der Waals surface area contributed by atoms with Gasteiger partial charge in [0.2, 0.25) is 0 Å². The molecule has 0 unspecified atom stereocenters. The van der Waals surface area contributed by atoms with E-state index in [2.05, 4.69) is 43.4 Å². The normalized spacial score (nSPS) is 11.3. The van der Waals surface area contributed by atoms with Crippen LogP contribution >= 0.6 is 0 Å². The Kier molecular flexibility index (Phi) is 32.4. The Labute approximate surface area is 234 Å². The second kappa shape index (κ2) is 28.2. The summed E-state index contributed by atoms with van der Waals surface area (Å²) in [7, 11) is 0. The van der Waals surface area contributed by atoms with E-state index in [-0.39, 0.29) is 72.0 Å². The zero-order valence-corrected chi connectivity index (χ0v) is 24.2. The van der Waals surface area contributed by atoms with Crippen molar-refractivity contribution < 1.29 is 78.9 Å². The number of allylic oxidation sites excluding steroid dienone is 6. The number of carbonyl (C=O) groups excluding carboxylic acids is 2. The van der Waals surface area contributed by atoms with E-state index in [4.69, 9.17) is 0 Å². The van der Waals surface area contributed by atoms with Crippen LogP contribution in [0.15, 0.2) is 36.5 Å². The van der Waals surface area contributed by atoms with Crippen LogP contribution in [0, 0.1) is 0 Å². The second-order valence-corrected chi connectivity index (χ2v) is 7.29. The zero-order chi connectivity index (χ0) is 21.6. The van der Waals surface area contributed by atoms with Crippen molar-refractivity contribution in [2.75, 3.05) is 19.6 Å². The Bertz CT molecular complexity index is 490. The molecule has 0 amide bonds. The van der Waals surface area contributed by atoms with E-state index in [1.54, 1.807) is 0 Å². The smallest absolute Gasteiger partial charge is 0.550 e. The Morgan fingerprint density at radius 3 is 1.61 bits per heavy atom. The zero-order valence-electron chi connectivity index (χ0n) is 20.2. The molecule has 0 rings (SSSR count). The van der Waals surface area contributed by atoms with E-state index in [0.717, 1.165) is 51.5 Å². The summed E-state index contributed by atoms with van der Waals surface area (Å²) in [6.45, 7) is 3.55. The van der Waals surface area contributed by atoms with Gasteiger partial charge in [-0.05, 0) is 57.9 Å². The minimum atomic E-state index is -1.10. The number of aliphatic carboxylic acids is 2. The molecule has 7 heteroatoms. The number of nitrogens with zero attached hydrogens (tertiary/aromatic N) is 1. The van der Waals surface area contributed by atoms with Gasteiger partial charge in [0.05, 0.1) is 0 Å². The third kappa shape index (κ3) is 30.1. The van der Waals surface area contributed by atoms with E-state index in [0.29, 0.717) is 13.1 Å². The Balaban J connectivity index is -0.00000392. The number of hydrogen-bond donors (Lipinski definition) is 0. The van der Waals surface area contributed by atoms with Crippen LogP contribution in [-0.2, 0) is 9.59 Å². The molecule has 0 aliphatic carbocycles. The van der Waals surface area contributed by atoms with Crippen LogP contribution in [0.3, 0.4) is 0 Å². The number of rotatable bonds is 20. The van der Waals surface area contributed by atoms with Crippen LogP contribution < -0.4 is 69.3 Å². The fourth-order valence-corrected chi connectivity index (χ4v) is 2.97. The predicted octanol–water partition coefficient (Wildman–Crippen LogP) is -2.83. The number of carboxylic acids is 2. The maximum absolute atomic E-state index is 10.6. The number of carbonyl (C=O) groups is 2. The third-order valence-corrected chi connectivity index (χ3v) is 4.64. The molecule has 0 aliphatic rings. The first-order chi connectivity index (χ1) is 14.1. The van der Waals surface area contributed by atoms with Gasteiger partial charge >= 0.3 is 59.1 Å². The average Bonchev–Trinajstić information content (AvgIpc) is 2.68. The van der Waals surface area contributed by atoms with Gasteiger partial charge in [0, 0.05) is 25.0 Å². The summed E-state index contributed by atoms with van der Waals surface area (Å²) in [5, 5.41) is 21.2. The molecule has 0 saturated heterocycles. The largest absolute Gasteiger partial charge is 1.00 e. The van der Waals surface area contributed by atoms with Crippen molar-refractivity contribution in [1.29, 1.82) is 0 Å². The van der Waals surface area contributed by atoms with Crippen molar-refractivity contribution >= 4 is 11.9 Å². The van der Waals surface area contributed by atoms with Crippen LogP contribution in [-0.4, -0.2) is 36.5 Å². The van der Waals surface area contributed by atoms with E-state index < -0.39 is 11.9 Å². The van der Waals surface area contributed by atoms with Crippen LogP contribution in [0.2, 0.25) is 0 Å². The molecule has 0 heterocycles. The predicted molar refractivity (Wildman–Crippen MR) is 115 cm³/mol. The summed E-state index contributed by atoms with van der Waals surface area (Å²) < 4.78 is 0. The molecule has 0 aromatic carbocycles. The molecular formula is C24H39NNa2O4. The Morgan fingerprint density at radius 2 is 1.10 bits per heavy atom. The molecule has 0 fully saturated rings. The standard InChI is InChI=1S/C24H41NO4.2Na/c1-2-3-4-5-6-7-8-9-10-11-12-13-14-15-16-17-20-25(21-18-23(26)27)22-19-24(28)29;;/h3-4,6-7,9-10H,2,5,8,11-22H2,1H3,(H,26,27)(H,28,29);;/q;2*+1/p-2/b4-3-,7-6-,10-9-;;. The van der Waals surface area contributed by atoms with Crippen molar-refractivity contribution in [3.05, 3.63) is 36.5 Å². The fraction of sp³-hybridized carbons (Fsp3) is 0.667. The topological polar surface area (TPSA) is 83.5 Å². The quantitative estimate of drug-likeness (QED) is 0.113. The summed E-state index contributed by atoms with van der Waals surface area (Å²) in [5.74, 6) is -2.20. The monoisotopic (exact) mass is 451 g/mol. The van der Waals surface area contributed by atoms with Gasteiger partial charge in [0.15, 0.2) is 0 Å². The molecule has 0 aliphatic heterocycles. The SMILES string of the molecule is CC/C=C\C/C=C\C/C=C\CCCCCCCCN(CCC(=O)[O-])CCC(=O)[O-].[Na+].[Na+]. The number of hydrogen-bond acceptors (Lipinski definition) is 5. The van der Waals surface area contributed by atoms with Crippen LogP contribution in [0.25, 0.3) is 0 Å². The minimum absolute atomic E-state index is 0. The van der Waals surface area contributed by atoms with Crippen molar-refractivity contribution in [2.45, 2.75) is 84.0 Å². The van der Waals surface area contributed by atoms with Gasteiger partial charge in [0.25, 0.3) is 0 Å². The minimum Gasteiger partial charge on any atom is -0.550 e. The average molecular weight is 452 g/mol. The van der Waals surface area contributed by atoms with Gasteiger partial charge in [-0.25, -0.2) is 0 Å². The maximum atomic E-state index is 10.6. The van der Waals surface area contributed by atoms with E-state index in [1.165, 1.54) is 19.3 Å². The van der Waals surface area contributed by atoms with Crippen LogP contribution in [0.4, 0.5) is 0 Å². The summed E-state index contributed by atoms with van der Waals surface area (Å²) in [4.78, 5) is 23.1. The molecule has 0 radical (unpaired) electrons. The Morgan fingerprint density at radius 1 is 0.645 bits per heavy atom. The molecule has 0 atom stereocenters. The summed E-state index contributed by atoms with van der Waals surface area (Å²) in [6.07, 6.45) is 24.2. The first kappa shape index (κ1) is 35.7. The Hall–Kier alpha value is 0.120. The van der Waals surface area contributed by atoms with Crippen molar-refractivity contribution in [3.8, 4) is 0 Å². The summed E-state index contributed by atoms with van der Waals surface area (Å²) in [5.41, 5.74) is 0. The second-order valence-electron chi connectivity index (χ2n) is 7.29. The van der Waals surface area contributed by atoms with Crippen LogP contribution in [0.5, 0.6) is 0 Å². The molecular weight excluding hydrogens is 412 g/mol. The van der Waals surface area contributed by atoms with Gasteiger partial charge in [0.1, 0.15) is 0 Å². The molecule has 5 nitrogen and oxygen atoms in total. The first-order valence-electron chi connectivity index (χ1n) is 11.1. The van der Waals surface area contributed by atoms with Gasteiger partial charge < -0.3 is 24.7 Å². The summed E-state index contributed by atoms with van der Waals surface area (Å²) >= 11 is 0. The van der Waals surface area contributed by atoms with E-state index in [9.17, 15) is 19.8 Å². The molecule has 166 valence electrons. The van der Waals surface area contributed by atoms with Gasteiger partial charge in [-0.2, -0.15) is 0 Å². The first-order valence-corrected chi connectivity index (χ1v) is 11.1. The van der Waals surface area contributed by atoms with Crippen molar-refractivity contribution in [3.63, 3.8) is 0 Å². The van der Waals surface area contributed by atoms with Crippen molar-refractivity contribution in [2.24, 2.45) is 0 Å². The van der Waals surface area contributed by atoms with E-state index in [1.807, 2.05) is 4.90 Å². The molecule has 0 saturated carbocycles. The summed E-state index contributed by atoms with van der Waals surface area (Å²) in [6, 6.07) is 0. The molecule has 0 bridgehead atoms. The maximum Gasteiger partial charge on any atom is 1.00 e. The fourth-order valence-electron chi connectivity index (χ4n) is 2.97. The molecule has 0 aromatic heterocycles.